The fraction of sp³-hybridized carbons (Fsp3) is 0.194. The van der Waals surface area contributed by atoms with Crippen LogP contribution >= 0.6 is 0 Å². The van der Waals surface area contributed by atoms with Gasteiger partial charge in [0.25, 0.3) is 0 Å². The van der Waals surface area contributed by atoms with Gasteiger partial charge in [-0.15, -0.1) is 0 Å². The van der Waals surface area contributed by atoms with Gasteiger partial charge in [0.15, 0.2) is 0 Å². The number of halogens is 1. The van der Waals surface area contributed by atoms with Crippen molar-refractivity contribution in [1.82, 2.24) is 0 Å². The van der Waals surface area contributed by atoms with E-state index in [-0.39, 0.29) is 11.2 Å². The van der Waals surface area contributed by atoms with Gasteiger partial charge >= 0.3 is 0 Å². The Kier molecular flexibility index (Phi) is 4.76. The van der Waals surface area contributed by atoms with Gasteiger partial charge in [-0.2, -0.15) is 0 Å². The van der Waals surface area contributed by atoms with Crippen LogP contribution in [0.1, 0.15) is 49.3 Å². The lowest BCUT2D eigenvalue weighted by atomic mass is 9.65. The quantitative estimate of drug-likeness (QED) is 0.338. The second kappa shape index (κ2) is 7.81. The van der Waals surface area contributed by atoms with Gasteiger partial charge in [0.1, 0.15) is 5.82 Å². The second-order valence-corrected chi connectivity index (χ2v) is 9.37. The minimum Gasteiger partial charge on any atom is -0.252 e. The molecule has 0 radical (unpaired) electrons. The van der Waals surface area contributed by atoms with Crippen LogP contribution in [-0.2, 0) is 5.41 Å². The maximum Gasteiger partial charge on any atom is 0.131 e. The minimum absolute atomic E-state index is 0.0206. The van der Waals surface area contributed by atoms with Crippen molar-refractivity contribution < 1.29 is 4.39 Å². The molecule has 1 heterocycles. The molecule has 0 fully saturated rings. The first-order valence-electron chi connectivity index (χ1n) is 11.8. The molecule has 3 aromatic carbocycles. The number of hydrogen-bond acceptors (Lipinski definition) is 1. The van der Waals surface area contributed by atoms with Gasteiger partial charge in [0.2, 0.25) is 0 Å². The molecule has 162 valence electrons. The molecule has 1 atom stereocenters. The van der Waals surface area contributed by atoms with Gasteiger partial charge in [-0.1, -0.05) is 85.8 Å². The predicted octanol–water partition coefficient (Wildman–Crippen LogP) is 8.49. The first kappa shape index (κ1) is 20.1. The van der Waals surface area contributed by atoms with E-state index in [1.54, 1.807) is 6.07 Å². The highest BCUT2D eigenvalue weighted by Gasteiger charge is 2.36. The molecule has 0 spiro atoms. The third-order valence-corrected chi connectivity index (χ3v) is 7.41. The number of fused-ring (bicyclic) bond motifs is 8. The molecule has 0 aromatic heterocycles. The Hall–Kier alpha value is -3.52. The molecule has 33 heavy (non-hydrogen) atoms. The lowest BCUT2D eigenvalue weighted by Crippen LogP contribution is -2.29. The van der Waals surface area contributed by atoms with Crippen LogP contribution < -0.4 is 0 Å². The van der Waals surface area contributed by atoms with E-state index < -0.39 is 0 Å². The number of para-hydroxylation sites is 1. The Labute approximate surface area is 194 Å². The summed E-state index contributed by atoms with van der Waals surface area (Å²) in [5.74, 6) is -0.0965. The van der Waals surface area contributed by atoms with E-state index in [1.165, 1.54) is 34.4 Å². The van der Waals surface area contributed by atoms with Crippen LogP contribution in [0.4, 0.5) is 10.1 Å². The zero-order chi connectivity index (χ0) is 22.4. The molecule has 0 saturated heterocycles. The van der Waals surface area contributed by atoms with Crippen LogP contribution in [-0.4, -0.2) is 5.71 Å². The van der Waals surface area contributed by atoms with Gasteiger partial charge in [-0.3, -0.25) is 4.99 Å². The van der Waals surface area contributed by atoms with Crippen molar-refractivity contribution in [3.8, 4) is 0 Å². The largest absolute Gasteiger partial charge is 0.252 e. The lowest BCUT2D eigenvalue weighted by Gasteiger charge is -2.39. The van der Waals surface area contributed by atoms with Gasteiger partial charge in [0, 0.05) is 28.4 Å². The SMILES string of the molecule is C1=CCC2=Nc3ccccc3C2=C1.CC12CCCC=C1C=Cc1c2cc(F)c2ccccc12. The van der Waals surface area contributed by atoms with Gasteiger partial charge in [0.05, 0.1) is 11.4 Å². The summed E-state index contributed by atoms with van der Waals surface area (Å²) in [6.45, 7) is 2.26. The minimum atomic E-state index is -0.0965. The van der Waals surface area contributed by atoms with Crippen molar-refractivity contribution in [3.63, 3.8) is 0 Å². The molecule has 3 aliphatic carbocycles. The van der Waals surface area contributed by atoms with Crippen molar-refractivity contribution >= 4 is 33.8 Å². The molecular weight excluding hydrogens is 405 g/mol. The second-order valence-electron chi connectivity index (χ2n) is 9.37. The van der Waals surface area contributed by atoms with Crippen molar-refractivity contribution in [1.29, 1.82) is 0 Å². The maximum absolute atomic E-state index is 14.5. The van der Waals surface area contributed by atoms with E-state index in [1.807, 2.05) is 30.3 Å². The van der Waals surface area contributed by atoms with E-state index in [0.29, 0.717) is 0 Å². The normalized spacial score (nSPS) is 21.6. The number of hydrogen-bond donors (Lipinski definition) is 0. The first-order chi connectivity index (χ1) is 16.1. The zero-order valence-corrected chi connectivity index (χ0v) is 18.8. The number of rotatable bonds is 0. The summed E-state index contributed by atoms with van der Waals surface area (Å²) in [5.41, 5.74) is 8.60. The van der Waals surface area contributed by atoms with Crippen LogP contribution in [0.2, 0.25) is 0 Å². The monoisotopic (exact) mass is 431 g/mol. The molecule has 1 aliphatic heterocycles. The molecule has 0 amide bonds. The summed E-state index contributed by atoms with van der Waals surface area (Å²) in [6, 6.07) is 17.9. The molecular formula is C31H26FN. The van der Waals surface area contributed by atoms with Crippen LogP contribution in [0.5, 0.6) is 0 Å². The third-order valence-electron chi connectivity index (χ3n) is 7.41. The average Bonchev–Trinajstić information content (AvgIpc) is 3.23. The van der Waals surface area contributed by atoms with E-state index >= 15 is 0 Å². The lowest BCUT2D eigenvalue weighted by molar-refractivity contribution is 0.470. The third kappa shape index (κ3) is 3.24. The first-order valence-corrected chi connectivity index (χ1v) is 11.8. The van der Waals surface area contributed by atoms with E-state index in [2.05, 4.69) is 66.6 Å². The average molecular weight is 432 g/mol. The Balaban J connectivity index is 0.000000137. The highest BCUT2D eigenvalue weighted by molar-refractivity contribution is 6.30. The van der Waals surface area contributed by atoms with Crippen molar-refractivity contribution in [2.45, 2.75) is 38.0 Å². The highest BCUT2D eigenvalue weighted by atomic mass is 19.1. The molecule has 1 unspecified atom stereocenters. The molecule has 0 bridgehead atoms. The summed E-state index contributed by atoms with van der Waals surface area (Å²) < 4.78 is 14.5. The summed E-state index contributed by atoms with van der Waals surface area (Å²) in [4.78, 5) is 4.57. The van der Waals surface area contributed by atoms with Crippen molar-refractivity contribution in [3.05, 3.63) is 113 Å². The standard InChI is InChI=1S/C19H17F.C12H9N/c1-19-11-5-4-6-13(19)9-10-15-14-7-2-3-8-16(14)18(20)12-17(15)19;1-3-7-11-9(5-1)10-6-2-4-8-12(10)13-11/h2-3,6-10,12H,4-5,11H2,1H3;1-7H,8H2. The molecule has 2 heteroatoms. The molecule has 0 N–H and O–H groups in total. The van der Waals surface area contributed by atoms with E-state index in [9.17, 15) is 4.39 Å². The maximum atomic E-state index is 14.5. The van der Waals surface area contributed by atoms with Crippen molar-refractivity contribution in [2.24, 2.45) is 4.99 Å². The fourth-order valence-corrected chi connectivity index (χ4v) is 5.63. The highest BCUT2D eigenvalue weighted by Crippen LogP contribution is 2.47. The Morgan fingerprint density at radius 3 is 2.70 bits per heavy atom. The molecule has 1 nitrogen and oxygen atoms in total. The van der Waals surface area contributed by atoms with Crippen LogP contribution in [0.25, 0.3) is 22.4 Å². The van der Waals surface area contributed by atoms with Crippen molar-refractivity contribution in [2.75, 3.05) is 0 Å². The van der Waals surface area contributed by atoms with E-state index in [0.717, 1.165) is 41.3 Å². The summed E-state index contributed by atoms with van der Waals surface area (Å²) in [6.07, 6.45) is 17.5. The smallest absolute Gasteiger partial charge is 0.131 e. The molecule has 7 rings (SSSR count). The number of nitrogens with zero attached hydrogens (tertiary/aromatic N) is 1. The van der Waals surface area contributed by atoms with Crippen LogP contribution in [0, 0.1) is 5.82 Å². The Morgan fingerprint density at radius 1 is 0.970 bits per heavy atom. The summed E-state index contributed by atoms with van der Waals surface area (Å²) in [7, 11) is 0. The van der Waals surface area contributed by atoms with Crippen LogP contribution in [0.3, 0.4) is 0 Å². The van der Waals surface area contributed by atoms with Gasteiger partial charge in [-0.25, -0.2) is 4.39 Å². The Morgan fingerprint density at radius 2 is 1.79 bits per heavy atom. The summed E-state index contributed by atoms with van der Waals surface area (Å²) >= 11 is 0. The number of benzene rings is 3. The molecule has 0 saturated carbocycles. The fourth-order valence-electron chi connectivity index (χ4n) is 5.63. The number of aliphatic imine (C=N–C) groups is 1. The Bertz CT molecular complexity index is 1430. The molecule has 3 aromatic rings. The zero-order valence-electron chi connectivity index (χ0n) is 18.8. The van der Waals surface area contributed by atoms with E-state index in [4.69, 9.17) is 0 Å². The van der Waals surface area contributed by atoms with Gasteiger partial charge < -0.3 is 0 Å². The molecule has 4 aliphatic rings. The predicted molar refractivity (Wildman–Crippen MR) is 137 cm³/mol. The summed E-state index contributed by atoms with van der Waals surface area (Å²) in [5, 5.41) is 1.76. The number of allylic oxidation sites excluding steroid dienone is 7. The van der Waals surface area contributed by atoms with Crippen LogP contribution in [0.15, 0.2) is 95.5 Å². The van der Waals surface area contributed by atoms with Gasteiger partial charge in [-0.05, 0) is 53.5 Å². The topological polar surface area (TPSA) is 12.4 Å².